The fourth-order valence-electron chi connectivity index (χ4n) is 1.06. The normalized spacial score (nSPS) is 15.3. The third-order valence-corrected chi connectivity index (χ3v) is 1.90. The lowest BCUT2D eigenvalue weighted by Crippen LogP contribution is -2.00. The number of aromatic nitrogens is 2. The van der Waals surface area contributed by atoms with E-state index in [2.05, 4.69) is 15.3 Å². The van der Waals surface area contributed by atoms with E-state index in [4.69, 9.17) is 11.6 Å². The minimum Gasteiger partial charge on any atom is -0.307 e. The zero-order chi connectivity index (χ0) is 6.97. The summed E-state index contributed by atoms with van der Waals surface area (Å²) in [5.74, 6) is 0. The fourth-order valence-corrected chi connectivity index (χ4v) is 1.28. The molecular formula is C6H6ClN3. The van der Waals surface area contributed by atoms with Crippen molar-refractivity contribution in [2.45, 2.75) is 13.1 Å². The van der Waals surface area contributed by atoms with E-state index in [1.54, 1.807) is 0 Å². The molecule has 3 nitrogen and oxygen atoms in total. The highest BCUT2D eigenvalue weighted by atomic mass is 35.5. The Balaban J connectivity index is 2.59. The Hall–Kier alpha value is -0.670. The molecule has 1 N–H and O–H groups in total. The molecule has 0 unspecified atom stereocenters. The summed E-state index contributed by atoms with van der Waals surface area (Å²) in [4.78, 5) is 7.93. The molecule has 1 aromatic rings. The molecule has 4 heteroatoms. The van der Waals surface area contributed by atoms with Crippen molar-refractivity contribution < 1.29 is 0 Å². The quantitative estimate of drug-likeness (QED) is 0.562. The van der Waals surface area contributed by atoms with Gasteiger partial charge in [-0.05, 0) is 0 Å². The van der Waals surface area contributed by atoms with E-state index in [1.807, 2.05) is 0 Å². The Bertz CT molecular complexity index is 261. The number of hydrogen-bond donors (Lipinski definition) is 1. The van der Waals surface area contributed by atoms with Crippen LogP contribution in [0.2, 0.25) is 5.15 Å². The number of nitrogens with zero attached hydrogens (tertiary/aromatic N) is 2. The van der Waals surface area contributed by atoms with Gasteiger partial charge in [0.05, 0.1) is 5.69 Å². The molecule has 0 fully saturated rings. The van der Waals surface area contributed by atoms with Gasteiger partial charge in [0, 0.05) is 18.7 Å². The Morgan fingerprint density at radius 2 is 2.30 bits per heavy atom. The molecule has 1 aliphatic heterocycles. The summed E-state index contributed by atoms with van der Waals surface area (Å²) in [7, 11) is 0. The summed E-state index contributed by atoms with van der Waals surface area (Å²) in [6.07, 6.45) is 1.49. The lowest BCUT2D eigenvalue weighted by Gasteiger charge is -1.95. The Morgan fingerprint density at radius 3 is 3.10 bits per heavy atom. The lowest BCUT2D eigenvalue weighted by molar-refractivity contribution is 0.757. The fraction of sp³-hybridized carbons (Fsp3) is 0.333. The number of halogens is 1. The minimum atomic E-state index is 0.579. The van der Waals surface area contributed by atoms with Gasteiger partial charge in [-0.2, -0.15) is 0 Å². The van der Waals surface area contributed by atoms with Gasteiger partial charge in [-0.3, -0.25) is 0 Å². The predicted octanol–water partition coefficient (Wildman–Crippen LogP) is 0.733. The van der Waals surface area contributed by atoms with Crippen LogP contribution in [0.25, 0.3) is 0 Å². The molecule has 1 aromatic heterocycles. The average molecular weight is 156 g/mol. The largest absolute Gasteiger partial charge is 0.307 e. The van der Waals surface area contributed by atoms with Gasteiger partial charge in [0.15, 0.2) is 0 Å². The summed E-state index contributed by atoms with van der Waals surface area (Å²) in [5.41, 5.74) is 2.07. The smallest absolute Gasteiger partial charge is 0.137 e. The molecule has 10 heavy (non-hydrogen) atoms. The zero-order valence-electron chi connectivity index (χ0n) is 5.26. The van der Waals surface area contributed by atoms with Crippen molar-refractivity contribution in [3.05, 3.63) is 22.7 Å². The molecule has 0 saturated carbocycles. The van der Waals surface area contributed by atoms with Gasteiger partial charge in [0.25, 0.3) is 0 Å². The Labute approximate surface area is 63.4 Å². The summed E-state index contributed by atoms with van der Waals surface area (Å²) < 4.78 is 0. The topological polar surface area (TPSA) is 37.8 Å². The molecule has 0 atom stereocenters. The van der Waals surface area contributed by atoms with Crippen molar-refractivity contribution in [3.63, 3.8) is 0 Å². The van der Waals surface area contributed by atoms with E-state index in [0.717, 1.165) is 24.3 Å². The molecule has 0 aromatic carbocycles. The molecule has 2 rings (SSSR count). The number of nitrogens with one attached hydrogen (secondary N) is 1. The molecule has 52 valence electrons. The molecule has 2 heterocycles. The van der Waals surface area contributed by atoms with E-state index in [-0.39, 0.29) is 0 Å². The first-order valence-electron chi connectivity index (χ1n) is 3.07. The zero-order valence-corrected chi connectivity index (χ0v) is 6.02. The third-order valence-electron chi connectivity index (χ3n) is 1.58. The monoisotopic (exact) mass is 155 g/mol. The second-order valence-electron chi connectivity index (χ2n) is 2.19. The molecule has 0 amide bonds. The van der Waals surface area contributed by atoms with E-state index < -0.39 is 0 Å². The van der Waals surface area contributed by atoms with Crippen molar-refractivity contribution >= 4 is 11.6 Å². The highest BCUT2D eigenvalue weighted by Crippen LogP contribution is 2.18. The van der Waals surface area contributed by atoms with Crippen LogP contribution in [0.3, 0.4) is 0 Å². The summed E-state index contributed by atoms with van der Waals surface area (Å²) in [6.45, 7) is 1.62. The van der Waals surface area contributed by atoms with Gasteiger partial charge in [-0.25, -0.2) is 9.97 Å². The van der Waals surface area contributed by atoms with Gasteiger partial charge in [-0.15, -0.1) is 0 Å². The predicted molar refractivity (Wildman–Crippen MR) is 37.6 cm³/mol. The molecule has 0 bridgehead atoms. The van der Waals surface area contributed by atoms with Crippen LogP contribution in [0.4, 0.5) is 0 Å². The van der Waals surface area contributed by atoms with Crippen LogP contribution < -0.4 is 5.32 Å². The summed E-state index contributed by atoms with van der Waals surface area (Å²) >= 11 is 5.78. The molecule has 0 aliphatic carbocycles. The van der Waals surface area contributed by atoms with Crippen molar-refractivity contribution in [1.82, 2.24) is 15.3 Å². The van der Waals surface area contributed by atoms with E-state index in [9.17, 15) is 0 Å². The van der Waals surface area contributed by atoms with Crippen molar-refractivity contribution in [1.29, 1.82) is 0 Å². The maximum Gasteiger partial charge on any atom is 0.137 e. The van der Waals surface area contributed by atoms with Crippen LogP contribution in [0, 0.1) is 0 Å². The van der Waals surface area contributed by atoms with E-state index in [1.165, 1.54) is 6.33 Å². The van der Waals surface area contributed by atoms with Crippen LogP contribution >= 0.6 is 11.6 Å². The average Bonchev–Trinajstić information content (AvgIpc) is 2.36. The van der Waals surface area contributed by atoms with Crippen LogP contribution in [0.15, 0.2) is 6.33 Å². The van der Waals surface area contributed by atoms with E-state index in [0.29, 0.717) is 5.15 Å². The molecule has 1 aliphatic rings. The van der Waals surface area contributed by atoms with E-state index >= 15 is 0 Å². The first-order chi connectivity index (χ1) is 4.88. The Kier molecular flexibility index (Phi) is 1.32. The number of hydrogen-bond acceptors (Lipinski definition) is 3. The second kappa shape index (κ2) is 2.18. The van der Waals surface area contributed by atoms with Crippen LogP contribution in [-0.2, 0) is 13.1 Å². The second-order valence-corrected chi connectivity index (χ2v) is 2.55. The first-order valence-corrected chi connectivity index (χ1v) is 3.44. The Morgan fingerprint density at radius 1 is 1.40 bits per heavy atom. The third kappa shape index (κ3) is 0.786. The van der Waals surface area contributed by atoms with Crippen molar-refractivity contribution in [2.24, 2.45) is 0 Å². The standard InChI is InChI=1S/C6H6ClN3/c7-6-4-1-8-2-5(4)9-3-10-6/h3,8H,1-2H2. The lowest BCUT2D eigenvalue weighted by atomic mass is 10.3. The van der Waals surface area contributed by atoms with Crippen molar-refractivity contribution in [2.75, 3.05) is 0 Å². The first kappa shape index (κ1) is 6.07. The maximum absolute atomic E-state index is 5.78. The van der Waals surface area contributed by atoms with Gasteiger partial charge in [0.2, 0.25) is 0 Å². The highest BCUT2D eigenvalue weighted by molar-refractivity contribution is 6.30. The molecule has 0 spiro atoms. The van der Waals surface area contributed by atoms with Gasteiger partial charge in [-0.1, -0.05) is 11.6 Å². The molecule has 0 saturated heterocycles. The highest BCUT2D eigenvalue weighted by Gasteiger charge is 2.14. The molecular weight excluding hydrogens is 150 g/mol. The SMILES string of the molecule is Clc1ncnc2c1CNC2. The summed E-state index contributed by atoms with van der Waals surface area (Å²) in [5, 5.41) is 3.72. The maximum atomic E-state index is 5.78. The molecule has 0 radical (unpaired) electrons. The van der Waals surface area contributed by atoms with Gasteiger partial charge in [0.1, 0.15) is 11.5 Å². The number of rotatable bonds is 0. The minimum absolute atomic E-state index is 0.579. The van der Waals surface area contributed by atoms with Crippen molar-refractivity contribution in [3.8, 4) is 0 Å². The van der Waals surface area contributed by atoms with Gasteiger partial charge >= 0.3 is 0 Å². The van der Waals surface area contributed by atoms with Crippen LogP contribution in [0.1, 0.15) is 11.3 Å². The van der Waals surface area contributed by atoms with Crippen LogP contribution in [0.5, 0.6) is 0 Å². The van der Waals surface area contributed by atoms with Gasteiger partial charge < -0.3 is 5.32 Å². The summed E-state index contributed by atoms with van der Waals surface area (Å²) in [6, 6.07) is 0. The number of fused-ring (bicyclic) bond motifs is 1. The van der Waals surface area contributed by atoms with Crippen LogP contribution in [-0.4, -0.2) is 9.97 Å².